The van der Waals surface area contributed by atoms with Crippen LogP contribution in [-0.4, -0.2) is 28.3 Å². The van der Waals surface area contributed by atoms with Gasteiger partial charge >= 0.3 is 7.12 Å². The minimum atomic E-state index is -0.341. The molecule has 0 atom stereocenters. The molecule has 0 radical (unpaired) electrons. The third-order valence-corrected chi connectivity index (χ3v) is 5.24. The van der Waals surface area contributed by atoms with Crippen LogP contribution < -0.4 is 5.46 Å². The Kier molecular flexibility index (Phi) is 3.67. The minimum Gasteiger partial charge on any atom is -0.399 e. The summed E-state index contributed by atoms with van der Waals surface area (Å²) in [6.45, 7) is 8.26. The highest BCUT2D eigenvalue weighted by molar-refractivity contribution is 6.62. The zero-order valence-corrected chi connectivity index (χ0v) is 15.0. The van der Waals surface area contributed by atoms with Crippen molar-refractivity contribution >= 4 is 23.6 Å². The molecule has 1 saturated heterocycles. The summed E-state index contributed by atoms with van der Waals surface area (Å²) < 4.78 is 12.2. The highest BCUT2D eigenvalue weighted by Gasteiger charge is 2.51. The third-order valence-electron chi connectivity index (χ3n) is 5.24. The van der Waals surface area contributed by atoms with Crippen molar-refractivity contribution < 1.29 is 9.31 Å². The van der Waals surface area contributed by atoms with E-state index in [9.17, 15) is 0 Å². The SMILES string of the molecule is CC1(C)OB(c2ccc(-c3ccnc4cccnc34)cc2)OC1(C)C. The molecule has 2 aromatic heterocycles. The molecule has 0 N–H and O–H groups in total. The molecule has 0 aliphatic carbocycles. The predicted molar refractivity (Wildman–Crippen MR) is 101 cm³/mol. The smallest absolute Gasteiger partial charge is 0.399 e. The first-order valence-corrected chi connectivity index (χ1v) is 8.53. The van der Waals surface area contributed by atoms with Gasteiger partial charge in [-0.3, -0.25) is 9.97 Å². The molecule has 3 aromatic rings. The van der Waals surface area contributed by atoms with E-state index in [1.807, 2.05) is 24.4 Å². The van der Waals surface area contributed by atoms with Gasteiger partial charge < -0.3 is 9.31 Å². The van der Waals surface area contributed by atoms with Gasteiger partial charge in [0.15, 0.2) is 0 Å². The first-order valence-electron chi connectivity index (χ1n) is 8.53. The summed E-state index contributed by atoms with van der Waals surface area (Å²) >= 11 is 0. The molecule has 4 rings (SSSR count). The van der Waals surface area contributed by atoms with E-state index in [0.717, 1.165) is 27.6 Å². The molecule has 4 nitrogen and oxygen atoms in total. The van der Waals surface area contributed by atoms with Crippen LogP contribution in [0.25, 0.3) is 22.2 Å². The zero-order chi connectivity index (χ0) is 17.7. The Labute approximate surface area is 148 Å². The molecule has 0 amide bonds. The van der Waals surface area contributed by atoms with Crippen LogP contribution in [0.3, 0.4) is 0 Å². The van der Waals surface area contributed by atoms with Gasteiger partial charge in [-0.15, -0.1) is 0 Å². The molecule has 0 unspecified atom stereocenters. The Morgan fingerprint density at radius 3 is 2.16 bits per heavy atom. The van der Waals surface area contributed by atoms with Gasteiger partial charge in [-0.2, -0.15) is 0 Å². The van der Waals surface area contributed by atoms with E-state index < -0.39 is 0 Å². The third kappa shape index (κ3) is 2.73. The lowest BCUT2D eigenvalue weighted by Gasteiger charge is -2.32. The number of pyridine rings is 2. The van der Waals surface area contributed by atoms with Crippen molar-refractivity contribution in [3.8, 4) is 11.1 Å². The molecule has 1 aliphatic rings. The Morgan fingerprint density at radius 1 is 0.800 bits per heavy atom. The summed E-state index contributed by atoms with van der Waals surface area (Å²) in [4.78, 5) is 8.86. The number of nitrogens with zero attached hydrogens (tertiary/aromatic N) is 2. The summed E-state index contributed by atoms with van der Waals surface area (Å²) in [6, 6.07) is 14.2. The van der Waals surface area contributed by atoms with Crippen LogP contribution in [0, 0.1) is 0 Å². The lowest BCUT2D eigenvalue weighted by molar-refractivity contribution is 0.00578. The summed E-state index contributed by atoms with van der Waals surface area (Å²) in [6.07, 6.45) is 3.62. The number of hydrogen-bond acceptors (Lipinski definition) is 4. The predicted octanol–water partition coefficient (Wildman–Crippen LogP) is 3.60. The number of hydrogen-bond donors (Lipinski definition) is 0. The number of rotatable bonds is 2. The molecule has 1 aliphatic heterocycles. The zero-order valence-electron chi connectivity index (χ0n) is 15.0. The van der Waals surface area contributed by atoms with Crippen molar-refractivity contribution in [3.63, 3.8) is 0 Å². The van der Waals surface area contributed by atoms with Gasteiger partial charge in [0.05, 0.1) is 22.2 Å². The van der Waals surface area contributed by atoms with E-state index in [2.05, 4.69) is 61.9 Å². The monoisotopic (exact) mass is 332 g/mol. The maximum atomic E-state index is 6.12. The molecular weight excluding hydrogens is 311 g/mol. The van der Waals surface area contributed by atoms with E-state index in [1.54, 1.807) is 6.20 Å². The van der Waals surface area contributed by atoms with Crippen molar-refractivity contribution in [2.75, 3.05) is 0 Å². The Bertz CT molecular complexity index is 901. The largest absolute Gasteiger partial charge is 0.494 e. The average Bonchev–Trinajstić information content (AvgIpc) is 2.82. The molecule has 25 heavy (non-hydrogen) atoms. The first kappa shape index (κ1) is 16.2. The normalized spacial score (nSPS) is 18.6. The van der Waals surface area contributed by atoms with Crippen LogP contribution in [-0.2, 0) is 9.31 Å². The maximum Gasteiger partial charge on any atom is 0.494 e. The molecule has 0 spiro atoms. The molecule has 5 heteroatoms. The highest BCUT2D eigenvalue weighted by Crippen LogP contribution is 2.36. The van der Waals surface area contributed by atoms with Gasteiger partial charge in [-0.05, 0) is 56.9 Å². The van der Waals surface area contributed by atoms with E-state index >= 15 is 0 Å². The van der Waals surface area contributed by atoms with Crippen molar-refractivity contribution in [2.45, 2.75) is 38.9 Å². The average molecular weight is 332 g/mol. The van der Waals surface area contributed by atoms with Crippen molar-refractivity contribution in [1.29, 1.82) is 0 Å². The van der Waals surface area contributed by atoms with Crippen LogP contribution in [0.15, 0.2) is 54.9 Å². The molecule has 1 fully saturated rings. The van der Waals surface area contributed by atoms with Crippen molar-refractivity contribution in [1.82, 2.24) is 9.97 Å². The standard InChI is InChI=1S/C20H21BN2O2/c1-19(2)20(3,4)25-21(24-19)15-9-7-14(8-10-15)16-11-13-22-17-6-5-12-23-18(16)17/h5-13H,1-4H3. The molecule has 0 saturated carbocycles. The van der Waals surface area contributed by atoms with Crippen LogP contribution in [0.1, 0.15) is 27.7 Å². The van der Waals surface area contributed by atoms with Crippen LogP contribution in [0.4, 0.5) is 0 Å². The summed E-state index contributed by atoms with van der Waals surface area (Å²) in [5.41, 5.74) is 4.35. The van der Waals surface area contributed by atoms with Crippen LogP contribution in [0.5, 0.6) is 0 Å². The highest BCUT2D eigenvalue weighted by atomic mass is 16.7. The molecular formula is C20H21BN2O2. The lowest BCUT2D eigenvalue weighted by atomic mass is 9.78. The second-order valence-corrected chi connectivity index (χ2v) is 7.44. The second kappa shape index (κ2) is 5.65. The Morgan fingerprint density at radius 2 is 1.48 bits per heavy atom. The molecule has 126 valence electrons. The number of benzene rings is 1. The summed E-state index contributed by atoms with van der Waals surface area (Å²) in [7, 11) is -0.341. The Balaban J connectivity index is 1.67. The molecule has 3 heterocycles. The second-order valence-electron chi connectivity index (χ2n) is 7.44. The van der Waals surface area contributed by atoms with Gasteiger partial charge in [0.1, 0.15) is 0 Å². The molecule has 1 aromatic carbocycles. The minimum absolute atomic E-state index is 0.332. The van der Waals surface area contributed by atoms with Crippen molar-refractivity contribution in [2.24, 2.45) is 0 Å². The van der Waals surface area contributed by atoms with Gasteiger partial charge in [-0.25, -0.2) is 0 Å². The summed E-state index contributed by atoms with van der Waals surface area (Å²) in [5, 5.41) is 0. The van der Waals surface area contributed by atoms with Gasteiger partial charge in [0, 0.05) is 18.0 Å². The van der Waals surface area contributed by atoms with Crippen LogP contribution in [0.2, 0.25) is 0 Å². The van der Waals surface area contributed by atoms with Gasteiger partial charge in [-0.1, -0.05) is 24.3 Å². The van der Waals surface area contributed by atoms with E-state index in [1.165, 1.54) is 0 Å². The lowest BCUT2D eigenvalue weighted by Crippen LogP contribution is -2.41. The topological polar surface area (TPSA) is 44.2 Å². The van der Waals surface area contributed by atoms with Crippen LogP contribution >= 0.6 is 0 Å². The van der Waals surface area contributed by atoms with Gasteiger partial charge in [0.2, 0.25) is 0 Å². The summed E-state index contributed by atoms with van der Waals surface area (Å²) in [5.74, 6) is 0. The Hall–Kier alpha value is -2.24. The number of aromatic nitrogens is 2. The maximum absolute atomic E-state index is 6.12. The fraction of sp³-hybridized carbons (Fsp3) is 0.300. The fourth-order valence-corrected chi connectivity index (χ4v) is 3.01. The number of fused-ring (bicyclic) bond motifs is 1. The quantitative estimate of drug-likeness (QED) is 0.673. The van der Waals surface area contributed by atoms with E-state index in [0.29, 0.717) is 0 Å². The van der Waals surface area contributed by atoms with Gasteiger partial charge in [0.25, 0.3) is 0 Å². The molecule has 0 bridgehead atoms. The van der Waals surface area contributed by atoms with Crippen molar-refractivity contribution in [3.05, 3.63) is 54.9 Å². The fourth-order valence-electron chi connectivity index (χ4n) is 3.01. The van der Waals surface area contributed by atoms with E-state index in [-0.39, 0.29) is 18.3 Å². The van der Waals surface area contributed by atoms with E-state index in [4.69, 9.17) is 9.31 Å². The first-order chi connectivity index (χ1) is 11.9.